The lowest BCUT2D eigenvalue weighted by atomic mass is 10.2. The van der Waals surface area contributed by atoms with Gasteiger partial charge >= 0.3 is 8.80 Å². The summed E-state index contributed by atoms with van der Waals surface area (Å²) in [4.78, 5) is 0. The Bertz CT molecular complexity index is 306. The van der Waals surface area contributed by atoms with Gasteiger partial charge in [0.1, 0.15) is 0 Å². The maximum absolute atomic E-state index is 5.43. The number of hydrogen-bond acceptors (Lipinski definition) is 3. The molecule has 0 heterocycles. The van der Waals surface area contributed by atoms with E-state index in [4.69, 9.17) is 13.3 Å². The van der Waals surface area contributed by atoms with E-state index < -0.39 is 8.80 Å². The molecule has 0 atom stereocenters. The van der Waals surface area contributed by atoms with Crippen molar-refractivity contribution in [2.75, 3.05) is 21.3 Å². The Morgan fingerprint density at radius 1 is 0.800 bits per heavy atom. The van der Waals surface area contributed by atoms with Gasteiger partial charge in [-0.25, -0.2) is 0 Å². The van der Waals surface area contributed by atoms with Gasteiger partial charge in [-0.15, -0.1) is 0 Å². The van der Waals surface area contributed by atoms with Crippen LogP contribution in [0.15, 0.2) is 18.2 Å². The Hall–Kier alpha value is -0.683. The smallest absolute Gasteiger partial charge is 0.373 e. The molecule has 0 N–H and O–H groups in total. The molecular formula is C11H18O3Si. The fourth-order valence-electron chi connectivity index (χ4n) is 1.76. The van der Waals surface area contributed by atoms with Crippen molar-refractivity contribution in [3.63, 3.8) is 0 Å². The van der Waals surface area contributed by atoms with E-state index >= 15 is 0 Å². The quantitative estimate of drug-likeness (QED) is 0.726. The molecule has 84 valence electrons. The molecular weight excluding hydrogens is 208 g/mol. The standard InChI is InChI=1S/C11H18O3Si/c1-9-6-10(2)8-11(7-9)15(12-3,13-4)14-5/h6-8H,1-5H3. The van der Waals surface area contributed by atoms with E-state index in [1.54, 1.807) is 21.3 Å². The third-order valence-corrected chi connectivity index (χ3v) is 4.99. The number of aryl methyl sites for hydroxylation is 2. The summed E-state index contributed by atoms with van der Waals surface area (Å²) in [7, 11) is 2.21. The lowest BCUT2D eigenvalue weighted by molar-refractivity contribution is 0.140. The largest absolute Gasteiger partial charge is 0.536 e. The predicted molar refractivity (Wildman–Crippen MR) is 62.3 cm³/mol. The molecule has 1 rings (SSSR count). The highest BCUT2D eigenvalue weighted by atomic mass is 28.4. The minimum absolute atomic E-state index is 1.01. The SMILES string of the molecule is CO[Si](OC)(OC)c1cc(C)cc(C)c1. The Morgan fingerprint density at radius 2 is 1.20 bits per heavy atom. The summed E-state index contributed by atoms with van der Waals surface area (Å²) in [5, 5.41) is 1.01. The highest BCUT2D eigenvalue weighted by Gasteiger charge is 2.40. The van der Waals surface area contributed by atoms with Crippen LogP contribution >= 0.6 is 0 Å². The van der Waals surface area contributed by atoms with E-state index in [-0.39, 0.29) is 0 Å². The first-order valence-corrected chi connectivity index (χ1v) is 6.54. The Balaban J connectivity index is 3.22. The first-order valence-electron chi connectivity index (χ1n) is 4.82. The van der Waals surface area contributed by atoms with Gasteiger partial charge < -0.3 is 13.3 Å². The number of hydrogen-bond donors (Lipinski definition) is 0. The predicted octanol–water partition coefficient (Wildman–Crippen LogP) is 1.39. The maximum Gasteiger partial charge on any atom is 0.536 e. The van der Waals surface area contributed by atoms with Crippen LogP contribution in [0, 0.1) is 13.8 Å². The molecule has 0 radical (unpaired) electrons. The summed E-state index contributed by atoms with van der Waals surface area (Å²) in [6.07, 6.45) is 0. The van der Waals surface area contributed by atoms with Crippen LogP contribution in [0.4, 0.5) is 0 Å². The molecule has 4 heteroatoms. The van der Waals surface area contributed by atoms with Crippen molar-refractivity contribution in [2.24, 2.45) is 0 Å². The third-order valence-electron chi connectivity index (χ3n) is 2.38. The molecule has 0 amide bonds. The summed E-state index contributed by atoms with van der Waals surface area (Å²) in [6.45, 7) is 4.10. The van der Waals surface area contributed by atoms with Crippen molar-refractivity contribution in [3.8, 4) is 0 Å². The van der Waals surface area contributed by atoms with E-state index in [0.717, 1.165) is 5.19 Å². The summed E-state index contributed by atoms with van der Waals surface area (Å²) >= 11 is 0. The topological polar surface area (TPSA) is 27.7 Å². The van der Waals surface area contributed by atoms with Gasteiger partial charge in [0.2, 0.25) is 0 Å². The zero-order valence-electron chi connectivity index (χ0n) is 9.96. The fraction of sp³-hybridized carbons (Fsp3) is 0.455. The minimum Gasteiger partial charge on any atom is -0.373 e. The second-order valence-corrected chi connectivity index (χ2v) is 6.46. The van der Waals surface area contributed by atoms with Crippen LogP contribution in [0.1, 0.15) is 11.1 Å². The zero-order chi connectivity index (χ0) is 11.5. The molecule has 15 heavy (non-hydrogen) atoms. The highest BCUT2D eigenvalue weighted by molar-refractivity contribution is 6.75. The third kappa shape index (κ3) is 2.46. The van der Waals surface area contributed by atoms with Crippen molar-refractivity contribution >= 4 is 14.0 Å². The molecule has 0 spiro atoms. The van der Waals surface area contributed by atoms with Gasteiger partial charge in [0.25, 0.3) is 0 Å². The van der Waals surface area contributed by atoms with Crippen molar-refractivity contribution in [2.45, 2.75) is 13.8 Å². The zero-order valence-corrected chi connectivity index (χ0v) is 11.0. The van der Waals surface area contributed by atoms with Gasteiger partial charge in [-0.1, -0.05) is 29.3 Å². The normalized spacial score (nSPS) is 11.8. The molecule has 0 fully saturated rings. The molecule has 0 saturated carbocycles. The van der Waals surface area contributed by atoms with Crippen LogP contribution in [-0.4, -0.2) is 30.1 Å². The summed E-state index contributed by atoms with van der Waals surface area (Å²) < 4.78 is 16.3. The van der Waals surface area contributed by atoms with Crippen LogP contribution in [0.5, 0.6) is 0 Å². The molecule has 1 aromatic rings. The van der Waals surface area contributed by atoms with E-state index in [1.165, 1.54) is 11.1 Å². The molecule has 0 aliphatic heterocycles. The maximum atomic E-state index is 5.43. The Labute approximate surface area is 92.3 Å². The minimum atomic E-state index is -2.66. The lowest BCUT2D eigenvalue weighted by Crippen LogP contribution is -2.54. The molecule has 0 aliphatic rings. The van der Waals surface area contributed by atoms with Crippen LogP contribution in [0.25, 0.3) is 0 Å². The first kappa shape index (κ1) is 12.4. The van der Waals surface area contributed by atoms with Gasteiger partial charge in [-0.3, -0.25) is 0 Å². The second kappa shape index (κ2) is 4.89. The van der Waals surface area contributed by atoms with Gasteiger partial charge in [0.05, 0.1) is 0 Å². The Kier molecular flexibility index (Phi) is 4.04. The average molecular weight is 226 g/mol. The van der Waals surface area contributed by atoms with Crippen LogP contribution in [0.3, 0.4) is 0 Å². The van der Waals surface area contributed by atoms with E-state index in [1.807, 2.05) is 0 Å². The summed E-state index contributed by atoms with van der Waals surface area (Å²) in [5.41, 5.74) is 2.38. The van der Waals surface area contributed by atoms with Crippen LogP contribution in [-0.2, 0) is 13.3 Å². The molecule has 0 bridgehead atoms. The second-order valence-electron chi connectivity index (χ2n) is 3.54. The van der Waals surface area contributed by atoms with E-state index in [2.05, 4.69) is 32.0 Å². The highest BCUT2D eigenvalue weighted by Crippen LogP contribution is 2.10. The van der Waals surface area contributed by atoms with Crippen molar-refractivity contribution < 1.29 is 13.3 Å². The van der Waals surface area contributed by atoms with Gasteiger partial charge in [0, 0.05) is 26.5 Å². The molecule has 3 nitrogen and oxygen atoms in total. The molecule has 1 aromatic carbocycles. The Morgan fingerprint density at radius 3 is 1.53 bits per heavy atom. The van der Waals surface area contributed by atoms with Gasteiger partial charge in [-0.05, 0) is 13.8 Å². The lowest BCUT2D eigenvalue weighted by Gasteiger charge is -2.25. The van der Waals surface area contributed by atoms with Gasteiger partial charge in [-0.2, -0.15) is 0 Å². The molecule has 0 saturated heterocycles. The average Bonchev–Trinajstić information content (AvgIpc) is 2.20. The summed E-state index contributed by atoms with van der Waals surface area (Å²) in [5.74, 6) is 0. The molecule has 0 aliphatic carbocycles. The summed E-state index contributed by atoms with van der Waals surface area (Å²) in [6, 6.07) is 6.22. The molecule has 0 unspecified atom stereocenters. The molecule has 0 aromatic heterocycles. The van der Waals surface area contributed by atoms with Crippen molar-refractivity contribution in [1.82, 2.24) is 0 Å². The number of benzene rings is 1. The monoisotopic (exact) mass is 226 g/mol. The van der Waals surface area contributed by atoms with Crippen molar-refractivity contribution in [1.29, 1.82) is 0 Å². The fourth-order valence-corrected chi connectivity index (χ4v) is 3.77. The van der Waals surface area contributed by atoms with Gasteiger partial charge in [0.15, 0.2) is 0 Å². The van der Waals surface area contributed by atoms with Crippen molar-refractivity contribution in [3.05, 3.63) is 29.3 Å². The number of rotatable bonds is 4. The van der Waals surface area contributed by atoms with E-state index in [9.17, 15) is 0 Å². The van der Waals surface area contributed by atoms with Crippen LogP contribution < -0.4 is 5.19 Å². The van der Waals surface area contributed by atoms with Crippen LogP contribution in [0.2, 0.25) is 0 Å². The van der Waals surface area contributed by atoms with E-state index in [0.29, 0.717) is 0 Å². The first-order chi connectivity index (χ1) is 7.07.